The number of amides is 1. The lowest BCUT2D eigenvalue weighted by Gasteiger charge is -2.38. The highest BCUT2D eigenvalue weighted by atomic mass is 16.6. The average Bonchev–Trinajstić information content (AvgIpc) is 2.17. The summed E-state index contributed by atoms with van der Waals surface area (Å²) < 4.78 is 10.5. The Morgan fingerprint density at radius 2 is 1.80 bits per heavy atom. The van der Waals surface area contributed by atoms with Gasteiger partial charge in [-0.1, -0.05) is 6.42 Å². The van der Waals surface area contributed by atoms with Crippen molar-refractivity contribution in [3.05, 3.63) is 0 Å². The fourth-order valence-electron chi connectivity index (χ4n) is 2.14. The van der Waals surface area contributed by atoms with E-state index in [4.69, 9.17) is 9.47 Å². The van der Waals surface area contributed by atoms with Gasteiger partial charge in [0, 0.05) is 7.11 Å². The van der Waals surface area contributed by atoms with E-state index in [0.717, 1.165) is 12.8 Å². The second-order valence-electron chi connectivity index (χ2n) is 4.41. The Balaban J connectivity index is 1.68. The molecule has 1 saturated heterocycles. The smallest absolute Gasteiger partial charge is 0.410 e. The molecule has 2 rings (SSSR count). The quantitative estimate of drug-likeness (QED) is 0.702. The lowest BCUT2D eigenvalue weighted by Crippen LogP contribution is -2.55. The molecule has 1 aliphatic carbocycles. The zero-order valence-electron chi connectivity index (χ0n) is 9.28. The maximum absolute atomic E-state index is 11.6. The molecule has 1 aliphatic heterocycles. The molecule has 4 nitrogen and oxygen atoms in total. The third kappa shape index (κ3) is 2.62. The van der Waals surface area contributed by atoms with Crippen molar-refractivity contribution in [3.63, 3.8) is 0 Å². The maximum Gasteiger partial charge on any atom is 0.410 e. The Morgan fingerprint density at radius 1 is 1.13 bits per heavy atom. The van der Waals surface area contributed by atoms with Crippen LogP contribution in [0.25, 0.3) is 0 Å². The number of nitrogens with zero attached hydrogens (tertiary/aromatic N) is 1. The summed E-state index contributed by atoms with van der Waals surface area (Å²) in [4.78, 5) is 13.3. The molecule has 0 aromatic carbocycles. The Kier molecular flexibility index (Phi) is 3.46. The molecule has 2 aliphatic rings. The van der Waals surface area contributed by atoms with E-state index in [1.807, 2.05) is 0 Å². The number of ether oxygens (including phenoxy) is 2. The van der Waals surface area contributed by atoms with Crippen LogP contribution in [0.2, 0.25) is 0 Å². The van der Waals surface area contributed by atoms with E-state index >= 15 is 0 Å². The molecule has 0 spiro atoms. The number of hydrogen-bond donors (Lipinski definition) is 0. The van der Waals surface area contributed by atoms with Gasteiger partial charge in [0.15, 0.2) is 0 Å². The molecule has 0 radical (unpaired) electrons. The first-order valence-electron chi connectivity index (χ1n) is 5.78. The summed E-state index contributed by atoms with van der Waals surface area (Å²) in [5.41, 5.74) is 0. The topological polar surface area (TPSA) is 38.8 Å². The van der Waals surface area contributed by atoms with Crippen molar-refractivity contribution >= 4 is 6.09 Å². The van der Waals surface area contributed by atoms with Crippen LogP contribution in [0.15, 0.2) is 0 Å². The first-order valence-corrected chi connectivity index (χ1v) is 5.78. The van der Waals surface area contributed by atoms with Gasteiger partial charge in [0.25, 0.3) is 0 Å². The third-order valence-corrected chi connectivity index (χ3v) is 3.26. The van der Waals surface area contributed by atoms with Gasteiger partial charge in [-0.3, -0.25) is 0 Å². The monoisotopic (exact) mass is 213 g/mol. The molecule has 0 bridgehead atoms. The normalized spacial score (nSPS) is 23.7. The van der Waals surface area contributed by atoms with Gasteiger partial charge in [-0.05, 0) is 25.7 Å². The lowest BCUT2D eigenvalue weighted by atomic mass is 9.98. The van der Waals surface area contributed by atoms with Crippen molar-refractivity contribution in [2.45, 2.75) is 44.3 Å². The largest absolute Gasteiger partial charge is 0.446 e. The van der Waals surface area contributed by atoms with E-state index in [-0.39, 0.29) is 18.3 Å². The van der Waals surface area contributed by atoms with Gasteiger partial charge < -0.3 is 14.4 Å². The lowest BCUT2D eigenvalue weighted by molar-refractivity contribution is -0.0389. The van der Waals surface area contributed by atoms with E-state index < -0.39 is 0 Å². The Hall–Kier alpha value is -0.770. The fraction of sp³-hybridized carbons (Fsp3) is 0.909. The van der Waals surface area contributed by atoms with E-state index in [1.54, 1.807) is 12.0 Å². The highest BCUT2D eigenvalue weighted by Crippen LogP contribution is 2.22. The zero-order valence-corrected chi connectivity index (χ0v) is 9.28. The van der Waals surface area contributed by atoms with Crippen LogP contribution in [0.3, 0.4) is 0 Å². The standard InChI is InChI=1S/C11H19NO3/c1-14-10-7-12(8-10)11(13)15-9-5-3-2-4-6-9/h9-10H,2-8H2,1H3. The van der Waals surface area contributed by atoms with Crippen LogP contribution in [0.5, 0.6) is 0 Å². The predicted molar refractivity (Wildman–Crippen MR) is 55.7 cm³/mol. The SMILES string of the molecule is COC1CN(C(=O)OC2CCCCC2)C1. The minimum Gasteiger partial charge on any atom is -0.446 e. The molecule has 0 aromatic heterocycles. The second-order valence-corrected chi connectivity index (χ2v) is 4.41. The summed E-state index contributed by atoms with van der Waals surface area (Å²) in [7, 11) is 1.68. The Bertz CT molecular complexity index is 220. The molecule has 1 saturated carbocycles. The predicted octanol–water partition coefficient (Wildman–Crippen LogP) is 1.79. The zero-order chi connectivity index (χ0) is 10.7. The van der Waals surface area contributed by atoms with Gasteiger partial charge in [0.05, 0.1) is 19.2 Å². The van der Waals surface area contributed by atoms with Crippen molar-refractivity contribution in [3.8, 4) is 0 Å². The second kappa shape index (κ2) is 4.84. The number of carbonyl (C=O) groups is 1. The molecule has 1 heterocycles. The van der Waals surface area contributed by atoms with Crippen LogP contribution in [0.4, 0.5) is 4.79 Å². The summed E-state index contributed by atoms with van der Waals surface area (Å²) in [6, 6.07) is 0. The number of likely N-dealkylation sites (tertiary alicyclic amines) is 1. The van der Waals surface area contributed by atoms with Gasteiger partial charge in [-0.15, -0.1) is 0 Å². The van der Waals surface area contributed by atoms with E-state index in [0.29, 0.717) is 13.1 Å². The molecule has 2 fully saturated rings. The minimum absolute atomic E-state index is 0.157. The van der Waals surface area contributed by atoms with Gasteiger partial charge in [0.1, 0.15) is 6.10 Å². The van der Waals surface area contributed by atoms with Crippen LogP contribution >= 0.6 is 0 Å². The minimum atomic E-state index is -0.157. The number of carbonyl (C=O) groups excluding carboxylic acids is 1. The first kappa shape index (κ1) is 10.7. The van der Waals surface area contributed by atoms with Crippen molar-refractivity contribution in [2.75, 3.05) is 20.2 Å². The van der Waals surface area contributed by atoms with Gasteiger partial charge in [-0.2, -0.15) is 0 Å². The van der Waals surface area contributed by atoms with Crippen LogP contribution in [-0.2, 0) is 9.47 Å². The molecule has 15 heavy (non-hydrogen) atoms. The summed E-state index contributed by atoms with van der Waals surface area (Å²) in [6.07, 6.45) is 5.95. The van der Waals surface area contributed by atoms with E-state index in [9.17, 15) is 4.79 Å². The summed E-state index contributed by atoms with van der Waals surface area (Å²) in [5.74, 6) is 0. The van der Waals surface area contributed by atoms with Crippen LogP contribution < -0.4 is 0 Å². The fourth-order valence-corrected chi connectivity index (χ4v) is 2.14. The van der Waals surface area contributed by atoms with Crippen molar-refractivity contribution in [1.82, 2.24) is 4.90 Å². The van der Waals surface area contributed by atoms with Crippen molar-refractivity contribution in [1.29, 1.82) is 0 Å². The average molecular weight is 213 g/mol. The van der Waals surface area contributed by atoms with Crippen molar-refractivity contribution in [2.24, 2.45) is 0 Å². The highest BCUT2D eigenvalue weighted by Gasteiger charge is 2.32. The molecule has 86 valence electrons. The summed E-state index contributed by atoms with van der Waals surface area (Å²) in [5, 5.41) is 0. The molecule has 4 heteroatoms. The van der Waals surface area contributed by atoms with Gasteiger partial charge in [0.2, 0.25) is 0 Å². The molecule has 0 unspecified atom stereocenters. The summed E-state index contributed by atoms with van der Waals surface area (Å²) in [6.45, 7) is 1.37. The Morgan fingerprint density at radius 3 is 2.40 bits per heavy atom. The van der Waals surface area contributed by atoms with E-state index in [1.165, 1.54) is 19.3 Å². The first-order chi connectivity index (χ1) is 7.29. The third-order valence-electron chi connectivity index (χ3n) is 3.26. The molecule has 1 amide bonds. The van der Waals surface area contributed by atoms with Gasteiger partial charge in [-0.25, -0.2) is 4.79 Å². The Labute approximate surface area is 90.5 Å². The molecule has 0 aromatic rings. The number of methoxy groups -OCH3 is 1. The molecular formula is C11H19NO3. The van der Waals surface area contributed by atoms with Crippen LogP contribution in [0.1, 0.15) is 32.1 Å². The molecular weight excluding hydrogens is 194 g/mol. The number of rotatable bonds is 2. The van der Waals surface area contributed by atoms with Crippen LogP contribution in [0, 0.1) is 0 Å². The number of hydrogen-bond acceptors (Lipinski definition) is 3. The summed E-state index contributed by atoms with van der Waals surface area (Å²) >= 11 is 0. The van der Waals surface area contributed by atoms with Gasteiger partial charge >= 0.3 is 6.09 Å². The molecule has 0 atom stereocenters. The van der Waals surface area contributed by atoms with Crippen LogP contribution in [-0.4, -0.2) is 43.4 Å². The highest BCUT2D eigenvalue weighted by molar-refractivity contribution is 5.69. The van der Waals surface area contributed by atoms with Crippen molar-refractivity contribution < 1.29 is 14.3 Å². The maximum atomic E-state index is 11.6. The molecule has 0 N–H and O–H groups in total. The van der Waals surface area contributed by atoms with E-state index in [2.05, 4.69) is 0 Å².